The standard InChI is InChI=1S/C4H4S.C2H3NO2/c1-2-4-5-3-1;1-2-5-3-4-1/h1-4H;1-3H. The Morgan fingerprint density at radius 3 is 1.80 bits per heavy atom. The molecular weight excluding hydrogens is 150 g/mol. The molecule has 0 spiro atoms. The third-order valence-corrected chi connectivity index (χ3v) is 1.34. The summed E-state index contributed by atoms with van der Waals surface area (Å²) >= 11 is 1.71. The van der Waals surface area contributed by atoms with Crippen LogP contribution in [0.5, 0.6) is 0 Å². The van der Waals surface area contributed by atoms with Crippen molar-refractivity contribution in [3.63, 3.8) is 0 Å². The Morgan fingerprint density at radius 1 is 1.00 bits per heavy atom. The normalized spacial score (nSPS) is 12.8. The van der Waals surface area contributed by atoms with E-state index in [1.807, 2.05) is 22.9 Å². The van der Waals surface area contributed by atoms with Crippen molar-refractivity contribution in [1.82, 2.24) is 5.64 Å². The molecule has 0 unspecified atom stereocenters. The first-order chi connectivity index (χ1) is 5.00. The second-order valence-corrected chi connectivity index (χ2v) is 2.20. The zero-order valence-corrected chi connectivity index (χ0v) is 6.01. The second-order valence-electron chi connectivity index (χ2n) is 1.38. The SMILES string of the molecule is C1=CONO1.c1ccsc1. The maximum absolute atomic E-state index is 4.29. The summed E-state index contributed by atoms with van der Waals surface area (Å²) in [7, 11) is 0. The highest BCUT2D eigenvalue weighted by Crippen LogP contribution is 1.91. The van der Waals surface area contributed by atoms with Crippen LogP contribution in [0, 0.1) is 0 Å². The van der Waals surface area contributed by atoms with Gasteiger partial charge in [0.1, 0.15) is 0 Å². The summed E-state index contributed by atoms with van der Waals surface area (Å²) in [4.78, 5) is 8.58. The zero-order chi connectivity index (χ0) is 7.07. The molecule has 0 radical (unpaired) electrons. The number of thiophene rings is 1. The number of rotatable bonds is 0. The van der Waals surface area contributed by atoms with Gasteiger partial charge in [-0.15, -0.1) is 0 Å². The molecule has 54 valence electrons. The molecule has 0 saturated heterocycles. The maximum atomic E-state index is 4.29. The lowest BCUT2D eigenvalue weighted by Crippen LogP contribution is -1.99. The molecule has 0 aromatic carbocycles. The van der Waals surface area contributed by atoms with Crippen molar-refractivity contribution in [3.8, 4) is 0 Å². The highest BCUT2D eigenvalue weighted by atomic mass is 32.1. The molecule has 2 rings (SSSR count). The van der Waals surface area contributed by atoms with Gasteiger partial charge in [0.05, 0.1) is 0 Å². The summed E-state index contributed by atoms with van der Waals surface area (Å²) < 4.78 is 0. The van der Waals surface area contributed by atoms with Gasteiger partial charge in [-0.3, -0.25) is 0 Å². The molecule has 3 nitrogen and oxygen atoms in total. The van der Waals surface area contributed by atoms with Gasteiger partial charge in [0.15, 0.2) is 12.5 Å². The van der Waals surface area contributed by atoms with E-state index in [-0.39, 0.29) is 0 Å². The number of hydrogen-bond donors (Lipinski definition) is 1. The van der Waals surface area contributed by atoms with Gasteiger partial charge in [0, 0.05) is 5.64 Å². The largest absolute Gasteiger partial charge is 0.378 e. The van der Waals surface area contributed by atoms with Crippen molar-refractivity contribution in [1.29, 1.82) is 0 Å². The fourth-order valence-corrected chi connectivity index (χ4v) is 0.819. The van der Waals surface area contributed by atoms with Crippen LogP contribution < -0.4 is 5.64 Å². The number of nitrogens with one attached hydrogen (secondary N) is 1. The van der Waals surface area contributed by atoms with Crippen LogP contribution in [-0.4, -0.2) is 0 Å². The lowest BCUT2D eigenvalue weighted by Gasteiger charge is -1.83. The Hall–Kier alpha value is -1.000. The predicted octanol–water partition coefficient (Wildman–Crippen LogP) is 1.67. The van der Waals surface area contributed by atoms with Crippen molar-refractivity contribution in [2.45, 2.75) is 0 Å². The lowest BCUT2D eigenvalue weighted by molar-refractivity contribution is -0.0486. The molecule has 1 N–H and O–H groups in total. The fourth-order valence-electron chi connectivity index (χ4n) is 0.366. The molecule has 0 saturated carbocycles. The van der Waals surface area contributed by atoms with Gasteiger partial charge in [0.25, 0.3) is 0 Å². The molecule has 0 bridgehead atoms. The molecule has 1 aromatic rings. The first-order valence-corrected chi connectivity index (χ1v) is 3.63. The van der Waals surface area contributed by atoms with Crippen molar-refractivity contribution in [2.24, 2.45) is 0 Å². The Balaban J connectivity index is 0.0000001000. The molecule has 0 fully saturated rings. The zero-order valence-electron chi connectivity index (χ0n) is 5.19. The van der Waals surface area contributed by atoms with Crippen LogP contribution in [0.15, 0.2) is 35.4 Å². The molecular formula is C6H7NO2S. The topological polar surface area (TPSA) is 30.5 Å². The molecule has 0 aliphatic carbocycles. The van der Waals surface area contributed by atoms with E-state index in [4.69, 9.17) is 0 Å². The van der Waals surface area contributed by atoms with E-state index in [0.29, 0.717) is 0 Å². The quantitative estimate of drug-likeness (QED) is 0.621. The maximum Gasteiger partial charge on any atom is 0.152 e. The van der Waals surface area contributed by atoms with Gasteiger partial charge in [-0.2, -0.15) is 11.3 Å². The highest BCUT2D eigenvalue weighted by molar-refractivity contribution is 7.07. The molecule has 4 heteroatoms. The van der Waals surface area contributed by atoms with E-state index >= 15 is 0 Å². The summed E-state index contributed by atoms with van der Waals surface area (Å²) in [6.07, 6.45) is 2.81. The molecule has 0 amide bonds. The van der Waals surface area contributed by atoms with Gasteiger partial charge in [-0.25, -0.2) is 0 Å². The number of hydrogen-bond acceptors (Lipinski definition) is 4. The van der Waals surface area contributed by atoms with E-state index in [9.17, 15) is 0 Å². The van der Waals surface area contributed by atoms with Crippen molar-refractivity contribution < 1.29 is 9.68 Å². The van der Waals surface area contributed by atoms with E-state index in [2.05, 4.69) is 15.3 Å². The van der Waals surface area contributed by atoms with Crippen LogP contribution >= 0.6 is 11.3 Å². The minimum atomic E-state index is 1.40. The Labute approximate surface area is 62.8 Å². The van der Waals surface area contributed by atoms with Crippen molar-refractivity contribution in [2.75, 3.05) is 0 Å². The molecule has 0 atom stereocenters. The van der Waals surface area contributed by atoms with E-state index < -0.39 is 0 Å². The van der Waals surface area contributed by atoms with E-state index in [1.54, 1.807) is 11.3 Å². The third-order valence-electron chi connectivity index (χ3n) is 0.713. The summed E-state index contributed by atoms with van der Waals surface area (Å²) in [5, 5.41) is 4.08. The minimum Gasteiger partial charge on any atom is -0.378 e. The fraction of sp³-hybridized carbons (Fsp3) is 0. The van der Waals surface area contributed by atoms with Gasteiger partial charge >= 0.3 is 0 Å². The average Bonchev–Trinajstić information content (AvgIpc) is 2.67. The molecule has 1 aromatic heterocycles. The minimum absolute atomic E-state index is 1.40. The average molecular weight is 157 g/mol. The van der Waals surface area contributed by atoms with Crippen LogP contribution in [-0.2, 0) is 9.68 Å². The monoisotopic (exact) mass is 157 g/mol. The van der Waals surface area contributed by atoms with Crippen molar-refractivity contribution in [3.05, 3.63) is 35.4 Å². The second kappa shape index (κ2) is 4.84. The van der Waals surface area contributed by atoms with Gasteiger partial charge in [-0.1, -0.05) is 12.1 Å². The molecule has 1 aliphatic heterocycles. The first kappa shape index (κ1) is 7.11. The molecule has 2 heterocycles. The van der Waals surface area contributed by atoms with Crippen LogP contribution in [0.4, 0.5) is 0 Å². The molecule has 1 aliphatic rings. The highest BCUT2D eigenvalue weighted by Gasteiger charge is 1.80. The smallest absolute Gasteiger partial charge is 0.152 e. The predicted molar refractivity (Wildman–Crippen MR) is 38.8 cm³/mol. The molecule has 10 heavy (non-hydrogen) atoms. The summed E-state index contributed by atoms with van der Waals surface area (Å²) in [6, 6.07) is 4.04. The van der Waals surface area contributed by atoms with Gasteiger partial charge < -0.3 is 9.68 Å². The first-order valence-electron chi connectivity index (χ1n) is 2.68. The van der Waals surface area contributed by atoms with E-state index in [1.165, 1.54) is 12.5 Å². The van der Waals surface area contributed by atoms with E-state index in [0.717, 1.165) is 0 Å². The van der Waals surface area contributed by atoms with Crippen LogP contribution in [0.1, 0.15) is 0 Å². The van der Waals surface area contributed by atoms with Crippen LogP contribution in [0.2, 0.25) is 0 Å². The van der Waals surface area contributed by atoms with Crippen LogP contribution in [0.25, 0.3) is 0 Å². The lowest BCUT2D eigenvalue weighted by atomic mass is 10.7. The summed E-state index contributed by atoms with van der Waals surface area (Å²) in [5.41, 5.74) is 2.11. The summed E-state index contributed by atoms with van der Waals surface area (Å²) in [5.74, 6) is 0. The van der Waals surface area contributed by atoms with Gasteiger partial charge in [0.2, 0.25) is 0 Å². The van der Waals surface area contributed by atoms with Crippen LogP contribution in [0.3, 0.4) is 0 Å². The Kier molecular flexibility index (Phi) is 3.44. The Bertz CT molecular complexity index is 151. The van der Waals surface area contributed by atoms with Crippen molar-refractivity contribution >= 4 is 11.3 Å². The third kappa shape index (κ3) is 3.11. The van der Waals surface area contributed by atoms with Gasteiger partial charge in [-0.05, 0) is 10.8 Å². The summed E-state index contributed by atoms with van der Waals surface area (Å²) in [6.45, 7) is 0. The Morgan fingerprint density at radius 2 is 1.60 bits per heavy atom.